The van der Waals surface area contributed by atoms with E-state index in [0.717, 1.165) is 38.1 Å². The lowest BCUT2D eigenvalue weighted by Crippen LogP contribution is -2.12. The predicted molar refractivity (Wildman–Crippen MR) is 141 cm³/mol. The maximum atomic E-state index is 13.0. The van der Waals surface area contributed by atoms with Gasteiger partial charge in [0.25, 0.3) is 5.91 Å². The third kappa shape index (κ3) is 5.05. The van der Waals surface area contributed by atoms with Crippen LogP contribution in [0.15, 0.2) is 108 Å². The van der Waals surface area contributed by atoms with E-state index in [-0.39, 0.29) is 5.91 Å². The van der Waals surface area contributed by atoms with E-state index < -0.39 is 0 Å². The van der Waals surface area contributed by atoms with Gasteiger partial charge in [-0.25, -0.2) is 0 Å². The number of rotatable bonds is 6. The number of anilines is 5. The van der Waals surface area contributed by atoms with Crippen molar-refractivity contribution in [3.05, 3.63) is 114 Å². The third-order valence-corrected chi connectivity index (χ3v) is 5.69. The minimum atomic E-state index is -0.188. The first-order valence-corrected chi connectivity index (χ1v) is 11.4. The molecule has 3 aromatic carbocycles. The zero-order valence-corrected chi connectivity index (χ0v) is 19.6. The van der Waals surface area contributed by atoms with Crippen LogP contribution in [0.1, 0.15) is 10.4 Å². The number of nitrogens with zero attached hydrogens (tertiary/aromatic N) is 2. The van der Waals surface area contributed by atoms with Gasteiger partial charge in [0.15, 0.2) is 0 Å². The van der Waals surface area contributed by atoms with Gasteiger partial charge in [0, 0.05) is 62.4 Å². The molecule has 5 rings (SSSR count). The van der Waals surface area contributed by atoms with Gasteiger partial charge in [-0.2, -0.15) is 0 Å². The van der Waals surface area contributed by atoms with Crippen LogP contribution in [-0.2, 0) is 0 Å². The lowest BCUT2D eigenvalue weighted by atomic mass is 10.1. The number of hydrogen-bond acceptors (Lipinski definition) is 5. The van der Waals surface area contributed by atoms with Gasteiger partial charge in [0.05, 0.1) is 5.52 Å². The van der Waals surface area contributed by atoms with Gasteiger partial charge >= 0.3 is 0 Å². The van der Waals surface area contributed by atoms with Crippen molar-refractivity contribution in [1.82, 2.24) is 9.97 Å². The summed E-state index contributed by atoms with van der Waals surface area (Å²) in [7, 11) is 0. The fourth-order valence-electron chi connectivity index (χ4n) is 3.60. The molecule has 0 spiro atoms. The minimum absolute atomic E-state index is 0.188. The molecule has 0 atom stereocenters. The topological polar surface area (TPSA) is 78.9 Å². The molecule has 0 unspecified atom stereocenters. The first-order chi connectivity index (χ1) is 16.6. The first-order valence-electron chi connectivity index (χ1n) is 10.6. The zero-order valence-electron chi connectivity index (χ0n) is 18.0. The average Bonchev–Trinajstić information content (AvgIpc) is 2.85. The molecule has 0 aliphatic heterocycles. The molecule has 0 fully saturated rings. The number of hydrogen-bond donors (Lipinski definition) is 3. The van der Waals surface area contributed by atoms with Crippen LogP contribution in [0.2, 0.25) is 0 Å². The highest BCUT2D eigenvalue weighted by Gasteiger charge is 2.09. The summed E-state index contributed by atoms with van der Waals surface area (Å²) in [6.07, 6.45) is 5.22. The highest BCUT2D eigenvalue weighted by atomic mass is 79.9. The molecule has 166 valence electrons. The molecule has 5 aromatic rings. The van der Waals surface area contributed by atoms with Crippen LogP contribution in [0.5, 0.6) is 0 Å². The molecule has 0 aliphatic rings. The molecule has 0 bridgehead atoms. The second-order valence-electron chi connectivity index (χ2n) is 7.62. The fourth-order valence-corrected chi connectivity index (χ4v) is 3.96. The Morgan fingerprint density at radius 3 is 2.32 bits per heavy atom. The van der Waals surface area contributed by atoms with Gasteiger partial charge in [0.2, 0.25) is 0 Å². The Labute approximate surface area is 205 Å². The molecule has 34 heavy (non-hydrogen) atoms. The van der Waals surface area contributed by atoms with E-state index in [0.29, 0.717) is 11.3 Å². The van der Waals surface area contributed by atoms with E-state index in [1.165, 1.54) is 0 Å². The number of carbonyl (C=O) groups excluding carboxylic acids is 1. The van der Waals surface area contributed by atoms with Gasteiger partial charge in [-0.3, -0.25) is 14.8 Å². The molecule has 3 N–H and O–H groups in total. The predicted octanol–water partition coefficient (Wildman–Crippen LogP) is 7.13. The van der Waals surface area contributed by atoms with Crippen LogP contribution in [0.3, 0.4) is 0 Å². The summed E-state index contributed by atoms with van der Waals surface area (Å²) in [5.74, 6) is -0.188. The molecule has 6 nitrogen and oxygen atoms in total. The van der Waals surface area contributed by atoms with Gasteiger partial charge in [-0.15, -0.1) is 0 Å². The highest BCUT2D eigenvalue weighted by molar-refractivity contribution is 9.10. The van der Waals surface area contributed by atoms with Crippen LogP contribution < -0.4 is 16.0 Å². The van der Waals surface area contributed by atoms with Crippen LogP contribution in [0.25, 0.3) is 10.9 Å². The SMILES string of the molecule is O=C(Nc1cccc(Nc2ccncc2)c1)c1cccc(Nc2ccnc3ccc(Br)cc23)c1. The van der Waals surface area contributed by atoms with Crippen LogP contribution in [0, 0.1) is 0 Å². The van der Waals surface area contributed by atoms with Crippen molar-refractivity contribution in [2.75, 3.05) is 16.0 Å². The number of halogens is 1. The van der Waals surface area contributed by atoms with Crippen molar-refractivity contribution in [3.63, 3.8) is 0 Å². The first kappa shape index (κ1) is 21.6. The molecular weight excluding hydrogens is 490 g/mol. The van der Waals surface area contributed by atoms with E-state index in [4.69, 9.17) is 0 Å². The number of nitrogens with one attached hydrogen (secondary N) is 3. The van der Waals surface area contributed by atoms with Gasteiger partial charge in [0.1, 0.15) is 0 Å². The maximum absolute atomic E-state index is 13.0. The molecule has 0 aliphatic carbocycles. The number of carbonyl (C=O) groups is 1. The number of pyridine rings is 2. The Morgan fingerprint density at radius 2 is 1.47 bits per heavy atom. The molecule has 0 saturated carbocycles. The second-order valence-corrected chi connectivity index (χ2v) is 8.54. The maximum Gasteiger partial charge on any atom is 0.255 e. The Morgan fingerprint density at radius 1 is 0.706 bits per heavy atom. The normalized spacial score (nSPS) is 10.6. The van der Waals surface area contributed by atoms with Crippen molar-refractivity contribution >= 4 is 61.2 Å². The molecule has 0 saturated heterocycles. The fraction of sp³-hybridized carbons (Fsp3) is 0. The Bertz CT molecular complexity index is 1470. The summed E-state index contributed by atoms with van der Waals surface area (Å²) in [6.45, 7) is 0. The molecule has 7 heteroatoms. The smallest absolute Gasteiger partial charge is 0.255 e. The molecule has 2 heterocycles. The van der Waals surface area contributed by atoms with E-state index in [2.05, 4.69) is 41.8 Å². The summed E-state index contributed by atoms with van der Waals surface area (Å²) in [6, 6.07) is 26.6. The summed E-state index contributed by atoms with van der Waals surface area (Å²) in [4.78, 5) is 21.4. The summed E-state index contributed by atoms with van der Waals surface area (Å²) in [5, 5.41) is 10.7. The van der Waals surface area contributed by atoms with E-state index in [1.807, 2.05) is 78.9 Å². The standard InChI is InChI=1S/C27H20BrN5O/c28-19-7-8-25-24(16-19)26(11-14-30-25)32-21-4-1-3-18(15-21)27(34)33-23-6-2-5-22(17-23)31-20-9-12-29-13-10-20/h1-17H,(H,29,31)(H,30,32)(H,33,34). The Hall–Kier alpha value is -4.23. The quantitative estimate of drug-likeness (QED) is 0.227. The summed E-state index contributed by atoms with van der Waals surface area (Å²) < 4.78 is 0.977. The number of aromatic nitrogens is 2. The molecule has 0 radical (unpaired) electrons. The van der Waals surface area contributed by atoms with Crippen LogP contribution >= 0.6 is 15.9 Å². The minimum Gasteiger partial charge on any atom is -0.355 e. The van der Waals surface area contributed by atoms with Crippen LogP contribution in [-0.4, -0.2) is 15.9 Å². The average molecular weight is 510 g/mol. The van der Waals surface area contributed by atoms with Crippen molar-refractivity contribution in [2.24, 2.45) is 0 Å². The van der Waals surface area contributed by atoms with Crippen molar-refractivity contribution in [3.8, 4) is 0 Å². The Balaban J connectivity index is 1.33. The monoisotopic (exact) mass is 509 g/mol. The third-order valence-electron chi connectivity index (χ3n) is 5.20. The van der Waals surface area contributed by atoms with Crippen molar-refractivity contribution < 1.29 is 4.79 Å². The van der Waals surface area contributed by atoms with E-state index >= 15 is 0 Å². The lowest BCUT2D eigenvalue weighted by molar-refractivity contribution is 0.102. The van der Waals surface area contributed by atoms with E-state index in [1.54, 1.807) is 24.7 Å². The van der Waals surface area contributed by atoms with Gasteiger partial charge < -0.3 is 16.0 Å². The number of amides is 1. The van der Waals surface area contributed by atoms with Gasteiger partial charge in [-0.05, 0) is 72.8 Å². The number of fused-ring (bicyclic) bond motifs is 1. The molecule has 2 aromatic heterocycles. The Kier molecular flexibility index (Phi) is 6.18. The molecular formula is C27H20BrN5O. The van der Waals surface area contributed by atoms with Crippen LogP contribution in [0.4, 0.5) is 28.4 Å². The van der Waals surface area contributed by atoms with Crippen molar-refractivity contribution in [2.45, 2.75) is 0 Å². The lowest BCUT2D eigenvalue weighted by Gasteiger charge is -2.12. The summed E-state index contributed by atoms with van der Waals surface area (Å²) in [5.41, 5.74) is 5.67. The van der Waals surface area contributed by atoms with Gasteiger partial charge in [-0.1, -0.05) is 28.1 Å². The van der Waals surface area contributed by atoms with E-state index in [9.17, 15) is 4.79 Å². The molecule has 1 amide bonds. The second kappa shape index (κ2) is 9.72. The largest absolute Gasteiger partial charge is 0.355 e. The summed E-state index contributed by atoms with van der Waals surface area (Å²) >= 11 is 3.52. The zero-order chi connectivity index (χ0) is 23.3. The number of benzene rings is 3. The van der Waals surface area contributed by atoms with Crippen molar-refractivity contribution in [1.29, 1.82) is 0 Å². The highest BCUT2D eigenvalue weighted by Crippen LogP contribution is 2.28.